The van der Waals surface area contributed by atoms with Crippen molar-refractivity contribution in [3.63, 3.8) is 0 Å². The van der Waals surface area contributed by atoms with Crippen molar-refractivity contribution in [3.05, 3.63) is 101 Å². The molecule has 0 spiro atoms. The molecule has 0 atom stereocenters. The smallest absolute Gasteiger partial charge is 0.280 e. The molecule has 3 N–H and O–H groups in total. The van der Waals surface area contributed by atoms with Gasteiger partial charge in [-0.3, -0.25) is 14.3 Å². The SMILES string of the molecule is CCn1cc(-c2cc(C(F)F)nc3sc(C(N)=O)c(NC(=O)c4cn(-c5ccccc5)nc4-c4ccccc4)c23)c(C)n1. The largest absolute Gasteiger partial charge is 0.365 e. The Balaban J connectivity index is 1.54. The minimum absolute atomic E-state index is 0.0132. The lowest BCUT2D eigenvalue weighted by atomic mass is 10.0. The maximum atomic E-state index is 14.0. The van der Waals surface area contributed by atoms with Gasteiger partial charge in [0, 0.05) is 35.5 Å². The van der Waals surface area contributed by atoms with E-state index >= 15 is 0 Å². The molecule has 0 saturated heterocycles. The number of nitrogens with zero attached hydrogens (tertiary/aromatic N) is 5. The molecule has 9 nitrogen and oxygen atoms in total. The first-order chi connectivity index (χ1) is 20.7. The summed E-state index contributed by atoms with van der Waals surface area (Å²) in [6.07, 6.45) is 0.484. The minimum atomic E-state index is -2.86. The van der Waals surface area contributed by atoms with Gasteiger partial charge in [-0.1, -0.05) is 48.5 Å². The molecular weight excluding hydrogens is 572 g/mol. The quantitative estimate of drug-likeness (QED) is 0.204. The molecule has 0 aliphatic heterocycles. The predicted molar refractivity (Wildman–Crippen MR) is 162 cm³/mol. The molecule has 2 aromatic carbocycles. The van der Waals surface area contributed by atoms with Crippen molar-refractivity contribution in [1.82, 2.24) is 24.5 Å². The summed E-state index contributed by atoms with van der Waals surface area (Å²) in [5, 5.41) is 12.4. The van der Waals surface area contributed by atoms with Crippen molar-refractivity contribution in [2.45, 2.75) is 26.8 Å². The van der Waals surface area contributed by atoms with Crippen LogP contribution in [0.5, 0.6) is 0 Å². The van der Waals surface area contributed by atoms with Gasteiger partial charge in [-0.2, -0.15) is 10.2 Å². The van der Waals surface area contributed by atoms with Gasteiger partial charge < -0.3 is 11.1 Å². The van der Waals surface area contributed by atoms with Gasteiger partial charge in [-0.25, -0.2) is 18.4 Å². The van der Waals surface area contributed by atoms with Crippen LogP contribution >= 0.6 is 11.3 Å². The van der Waals surface area contributed by atoms with Crippen LogP contribution in [0.25, 0.3) is 38.3 Å². The summed E-state index contributed by atoms with van der Waals surface area (Å²) in [5.74, 6) is -1.39. The summed E-state index contributed by atoms with van der Waals surface area (Å²) in [4.78, 5) is 30.9. The van der Waals surface area contributed by atoms with Crippen LogP contribution in [0.15, 0.2) is 79.1 Å². The van der Waals surface area contributed by atoms with Crippen LogP contribution in [0, 0.1) is 6.92 Å². The number of aryl methyl sites for hydroxylation is 2. The number of anilines is 1. The highest BCUT2D eigenvalue weighted by Gasteiger charge is 2.28. The average molecular weight is 598 g/mol. The first-order valence-electron chi connectivity index (χ1n) is 13.4. The first kappa shape index (κ1) is 27.9. The number of hydrogen-bond donors (Lipinski definition) is 2. The molecule has 6 aromatic rings. The Morgan fingerprint density at radius 2 is 1.70 bits per heavy atom. The van der Waals surface area contributed by atoms with Gasteiger partial charge in [0.25, 0.3) is 18.2 Å². The molecule has 6 rings (SSSR count). The van der Waals surface area contributed by atoms with E-state index in [-0.39, 0.29) is 21.0 Å². The molecular formula is C31H25F2N7O2S. The number of nitrogens with one attached hydrogen (secondary N) is 1. The van der Waals surface area contributed by atoms with E-state index in [0.29, 0.717) is 40.0 Å². The van der Waals surface area contributed by atoms with E-state index in [1.807, 2.05) is 67.6 Å². The average Bonchev–Trinajstić information content (AvgIpc) is 3.73. The van der Waals surface area contributed by atoms with Crippen LogP contribution in [0.4, 0.5) is 14.5 Å². The molecule has 12 heteroatoms. The number of carbonyl (C=O) groups is 2. The lowest BCUT2D eigenvalue weighted by Crippen LogP contribution is -2.17. The fraction of sp³-hybridized carbons (Fsp3) is 0.129. The van der Waals surface area contributed by atoms with Crippen molar-refractivity contribution in [2.24, 2.45) is 5.73 Å². The molecule has 43 heavy (non-hydrogen) atoms. The fourth-order valence-electron chi connectivity index (χ4n) is 4.92. The Kier molecular flexibility index (Phi) is 7.28. The van der Waals surface area contributed by atoms with Crippen LogP contribution < -0.4 is 11.1 Å². The van der Waals surface area contributed by atoms with Gasteiger partial charge in [0.1, 0.15) is 21.1 Å². The number of aromatic nitrogens is 5. The number of halogens is 2. The van der Waals surface area contributed by atoms with Crippen molar-refractivity contribution in [3.8, 4) is 28.1 Å². The zero-order valence-electron chi connectivity index (χ0n) is 23.1. The van der Waals surface area contributed by atoms with Crippen LogP contribution in [0.3, 0.4) is 0 Å². The number of pyridine rings is 1. The standard InChI is InChI=1S/C31H25F2N7O2S/c1-3-39-15-21(17(2)37-39)20-14-23(28(32)33)35-31-24(20)26(27(43-31)29(34)41)36-30(42)22-16-40(19-12-8-5-9-13-19)38-25(22)18-10-6-4-7-11-18/h4-16,28H,3H2,1-2H3,(H2,34,41)(H,36,42). The molecule has 216 valence electrons. The monoisotopic (exact) mass is 597 g/mol. The number of benzene rings is 2. The highest BCUT2D eigenvalue weighted by Crippen LogP contribution is 2.43. The molecule has 0 aliphatic rings. The number of hydrogen-bond acceptors (Lipinski definition) is 6. The summed E-state index contributed by atoms with van der Waals surface area (Å²) in [6, 6.07) is 19.8. The van der Waals surface area contributed by atoms with E-state index in [9.17, 15) is 18.4 Å². The zero-order valence-corrected chi connectivity index (χ0v) is 23.9. The molecule has 2 amide bonds. The number of amides is 2. The number of alkyl halides is 2. The summed E-state index contributed by atoms with van der Waals surface area (Å²) in [5.41, 5.74) is 9.01. The van der Waals surface area contributed by atoms with E-state index in [1.54, 1.807) is 28.7 Å². The number of nitrogens with two attached hydrogens (primary N) is 1. The normalized spacial score (nSPS) is 11.4. The van der Waals surface area contributed by atoms with Crippen LogP contribution in [-0.2, 0) is 6.54 Å². The van der Waals surface area contributed by atoms with E-state index < -0.39 is 23.9 Å². The number of thiophene rings is 1. The Morgan fingerprint density at radius 1 is 1.00 bits per heavy atom. The Morgan fingerprint density at radius 3 is 2.33 bits per heavy atom. The molecule has 0 saturated carbocycles. The number of carbonyl (C=O) groups excluding carboxylic acids is 2. The topological polar surface area (TPSA) is 121 Å². The second-order valence-electron chi connectivity index (χ2n) is 9.72. The number of fused-ring (bicyclic) bond motifs is 1. The number of rotatable bonds is 8. The third-order valence-corrected chi connectivity index (χ3v) is 8.05. The number of primary amides is 1. The Hall–Kier alpha value is -5.23. The van der Waals surface area contributed by atoms with Gasteiger partial charge in [-0.05, 0) is 37.6 Å². The highest BCUT2D eigenvalue weighted by molar-refractivity contribution is 7.21. The van der Waals surface area contributed by atoms with Gasteiger partial charge >= 0.3 is 0 Å². The van der Waals surface area contributed by atoms with E-state index in [4.69, 9.17) is 10.8 Å². The minimum Gasteiger partial charge on any atom is -0.365 e. The summed E-state index contributed by atoms with van der Waals surface area (Å²) < 4.78 is 31.2. The van der Waals surface area contributed by atoms with Crippen molar-refractivity contribution in [2.75, 3.05) is 5.32 Å². The molecule has 0 unspecified atom stereocenters. The van der Waals surface area contributed by atoms with Gasteiger partial charge in [0.05, 0.1) is 22.6 Å². The van der Waals surface area contributed by atoms with E-state index in [0.717, 1.165) is 17.0 Å². The zero-order chi connectivity index (χ0) is 30.2. The highest BCUT2D eigenvalue weighted by atomic mass is 32.1. The second kappa shape index (κ2) is 11.2. The molecule has 0 fully saturated rings. The predicted octanol–water partition coefficient (Wildman–Crippen LogP) is 6.63. The molecule has 0 bridgehead atoms. The number of para-hydroxylation sites is 1. The second-order valence-corrected chi connectivity index (χ2v) is 10.7. The molecule has 0 aliphatic carbocycles. The van der Waals surface area contributed by atoms with Gasteiger partial charge in [0.2, 0.25) is 0 Å². The van der Waals surface area contributed by atoms with E-state index in [1.165, 1.54) is 6.07 Å². The third-order valence-electron chi connectivity index (χ3n) is 6.96. The molecule has 4 heterocycles. The van der Waals surface area contributed by atoms with E-state index in [2.05, 4.69) is 15.4 Å². The Labute approximate surface area is 248 Å². The van der Waals surface area contributed by atoms with Crippen LogP contribution in [0.1, 0.15) is 44.8 Å². The summed E-state index contributed by atoms with van der Waals surface area (Å²) in [7, 11) is 0. The fourth-order valence-corrected chi connectivity index (χ4v) is 5.94. The van der Waals surface area contributed by atoms with Crippen LogP contribution in [-0.4, -0.2) is 36.4 Å². The van der Waals surface area contributed by atoms with Crippen molar-refractivity contribution < 1.29 is 18.4 Å². The van der Waals surface area contributed by atoms with Crippen molar-refractivity contribution in [1.29, 1.82) is 0 Å². The summed E-state index contributed by atoms with van der Waals surface area (Å²) >= 11 is 0.849. The van der Waals surface area contributed by atoms with Crippen LogP contribution in [0.2, 0.25) is 0 Å². The maximum absolute atomic E-state index is 14.0. The lowest BCUT2D eigenvalue weighted by molar-refractivity contribution is 0.100. The lowest BCUT2D eigenvalue weighted by Gasteiger charge is -2.10. The first-order valence-corrected chi connectivity index (χ1v) is 14.2. The molecule has 4 aromatic heterocycles. The Bertz CT molecular complexity index is 1980. The summed E-state index contributed by atoms with van der Waals surface area (Å²) in [6.45, 7) is 4.23. The third kappa shape index (κ3) is 5.17. The molecule has 0 radical (unpaired) electrons. The maximum Gasteiger partial charge on any atom is 0.280 e. The van der Waals surface area contributed by atoms with Gasteiger partial charge in [0.15, 0.2) is 0 Å². The van der Waals surface area contributed by atoms with Gasteiger partial charge in [-0.15, -0.1) is 11.3 Å². The van der Waals surface area contributed by atoms with Crippen molar-refractivity contribution >= 4 is 39.1 Å².